The molecule has 1 aliphatic heterocycles. The van der Waals surface area contributed by atoms with Crippen molar-refractivity contribution in [2.24, 2.45) is 0 Å². The first-order chi connectivity index (χ1) is 14.4. The SMILES string of the molecule is O=C(N[C@@H]1CC[C@H](CCNS(=O)(=O)c2cccc(Cl)c2)O[C@@H]1CO)c1ccncc1. The molecule has 10 heteroatoms. The minimum Gasteiger partial charge on any atom is -0.394 e. The Labute approximate surface area is 180 Å². The van der Waals surface area contributed by atoms with Crippen LogP contribution in [0.2, 0.25) is 5.02 Å². The number of rotatable bonds is 8. The molecular formula is C20H24ClN3O5S. The van der Waals surface area contributed by atoms with Gasteiger partial charge in [0.05, 0.1) is 23.6 Å². The van der Waals surface area contributed by atoms with Crippen LogP contribution in [0.3, 0.4) is 0 Å². The number of nitrogens with zero attached hydrogens (tertiary/aromatic N) is 1. The van der Waals surface area contributed by atoms with Crippen LogP contribution in [-0.2, 0) is 14.8 Å². The summed E-state index contributed by atoms with van der Waals surface area (Å²) in [5.74, 6) is -0.253. The highest BCUT2D eigenvalue weighted by Gasteiger charge is 2.32. The van der Waals surface area contributed by atoms with E-state index in [0.29, 0.717) is 29.8 Å². The lowest BCUT2D eigenvalue weighted by Crippen LogP contribution is -2.51. The molecule has 0 aliphatic carbocycles. The maximum Gasteiger partial charge on any atom is 0.251 e. The van der Waals surface area contributed by atoms with Crippen molar-refractivity contribution in [1.82, 2.24) is 15.0 Å². The average Bonchev–Trinajstić information content (AvgIpc) is 2.75. The minimum absolute atomic E-state index is 0.103. The van der Waals surface area contributed by atoms with Gasteiger partial charge in [-0.2, -0.15) is 0 Å². The van der Waals surface area contributed by atoms with Gasteiger partial charge in [-0.05, 0) is 49.6 Å². The Morgan fingerprint density at radius 2 is 2.00 bits per heavy atom. The fraction of sp³-hybridized carbons (Fsp3) is 0.400. The van der Waals surface area contributed by atoms with Gasteiger partial charge in [-0.25, -0.2) is 13.1 Å². The third kappa shape index (κ3) is 5.99. The summed E-state index contributed by atoms with van der Waals surface area (Å²) < 4.78 is 33.1. The predicted molar refractivity (Wildman–Crippen MR) is 112 cm³/mol. The standard InChI is InChI=1S/C20H24ClN3O5S/c21-15-2-1-3-17(12-15)30(27,28)23-11-8-16-4-5-18(19(13-25)29-16)24-20(26)14-6-9-22-10-7-14/h1-3,6-7,9-10,12,16,18-19,23,25H,4-5,8,11,13H2,(H,24,26)/t16-,18-,19-/m1/s1. The van der Waals surface area contributed by atoms with Gasteiger partial charge in [-0.15, -0.1) is 0 Å². The number of pyridine rings is 1. The molecule has 30 heavy (non-hydrogen) atoms. The molecule has 1 amide bonds. The van der Waals surface area contributed by atoms with Crippen molar-refractivity contribution in [3.05, 3.63) is 59.4 Å². The number of carbonyl (C=O) groups is 1. The Bertz CT molecular complexity index is 958. The number of carbonyl (C=O) groups excluding carboxylic acids is 1. The summed E-state index contributed by atoms with van der Waals surface area (Å²) in [6.45, 7) is -0.0578. The van der Waals surface area contributed by atoms with Crippen molar-refractivity contribution in [2.75, 3.05) is 13.2 Å². The highest BCUT2D eigenvalue weighted by Crippen LogP contribution is 2.22. The van der Waals surface area contributed by atoms with Crippen molar-refractivity contribution in [3.8, 4) is 0 Å². The molecule has 1 aliphatic rings. The summed E-state index contributed by atoms with van der Waals surface area (Å²) in [6, 6.07) is 8.95. The van der Waals surface area contributed by atoms with Gasteiger partial charge in [-0.3, -0.25) is 9.78 Å². The molecule has 3 rings (SSSR count). The molecule has 1 aromatic heterocycles. The zero-order chi connectivity index (χ0) is 21.6. The van der Waals surface area contributed by atoms with Gasteiger partial charge in [0.15, 0.2) is 0 Å². The van der Waals surface area contributed by atoms with Gasteiger partial charge in [0.25, 0.3) is 5.91 Å². The van der Waals surface area contributed by atoms with E-state index in [4.69, 9.17) is 16.3 Å². The number of aromatic nitrogens is 1. The summed E-state index contributed by atoms with van der Waals surface area (Å²) in [7, 11) is -3.66. The Balaban J connectivity index is 1.50. The van der Waals surface area contributed by atoms with Gasteiger partial charge in [0, 0.05) is 29.5 Å². The maximum absolute atomic E-state index is 12.4. The number of hydrogen-bond donors (Lipinski definition) is 3. The molecule has 0 radical (unpaired) electrons. The lowest BCUT2D eigenvalue weighted by Gasteiger charge is -2.36. The Hall–Kier alpha value is -2.04. The van der Waals surface area contributed by atoms with Crippen LogP contribution in [0.4, 0.5) is 0 Å². The third-order valence-electron chi connectivity index (χ3n) is 4.92. The van der Waals surface area contributed by atoms with Crippen LogP contribution >= 0.6 is 11.6 Å². The highest BCUT2D eigenvalue weighted by atomic mass is 35.5. The molecule has 8 nitrogen and oxygen atoms in total. The minimum atomic E-state index is -3.66. The molecular weight excluding hydrogens is 430 g/mol. The second kappa shape index (κ2) is 10.3. The van der Waals surface area contributed by atoms with Gasteiger partial charge in [0.2, 0.25) is 10.0 Å². The number of aliphatic hydroxyl groups excluding tert-OH is 1. The van der Waals surface area contributed by atoms with Crippen molar-refractivity contribution >= 4 is 27.5 Å². The van der Waals surface area contributed by atoms with Gasteiger partial charge >= 0.3 is 0 Å². The topological polar surface area (TPSA) is 118 Å². The van der Waals surface area contributed by atoms with E-state index in [0.717, 1.165) is 0 Å². The number of nitrogens with one attached hydrogen (secondary N) is 2. The van der Waals surface area contributed by atoms with Gasteiger partial charge in [-0.1, -0.05) is 17.7 Å². The molecule has 1 fully saturated rings. The second-order valence-corrected chi connectivity index (χ2v) is 9.22. The summed E-state index contributed by atoms with van der Waals surface area (Å²) in [6.07, 6.45) is 4.00. The van der Waals surface area contributed by atoms with E-state index < -0.39 is 16.1 Å². The Kier molecular flexibility index (Phi) is 7.79. The third-order valence-corrected chi connectivity index (χ3v) is 6.61. The van der Waals surface area contributed by atoms with Crippen LogP contribution in [0.1, 0.15) is 29.6 Å². The smallest absolute Gasteiger partial charge is 0.251 e. The van der Waals surface area contributed by atoms with Crippen molar-refractivity contribution in [1.29, 1.82) is 0 Å². The predicted octanol–water partition coefficient (Wildman–Crippen LogP) is 1.74. The van der Waals surface area contributed by atoms with E-state index in [1.54, 1.807) is 24.3 Å². The number of ether oxygens (including phenoxy) is 1. The summed E-state index contributed by atoms with van der Waals surface area (Å²) in [5, 5.41) is 12.9. The van der Waals surface area contributed by atoms with Crippen molar-refractivity contribution in [2.45, 2.75) is 42.4 Å². The number of sulfonamides is 1. The first-order valence-electron chi connectivity index (χ1n) is 9.61. The van der Waals surface area contributed by atoms with E-state index in [9.17, 15) is 18.3 Å². The maximum atomic E-state index is 12.4. The van der Waals surface area contributed by atoms with Crippen LogP contribution in [0.25, 0.3) is 0 Å². The van der Waals surface area contributed by atoms with E-state index in [1.807, 2.05) is 0 Å². The summed E-state index contributed by atoms with van der Waals surface area (Å²) >= 11 is 5.86. The quantitative estimate of drug-likeness (QED) is 0.560. The van der Waals surface area contributed by atoms with Crippen molar-refractivity contribution in [3.63, 3.8) is 0 Å². The largest absolute Gasteiger partial charge is 0.394 e. The van der Waals surface area contributed by atoms with E-state index in [1.165, 1.54) is 24.5 Å². The Morgan fingerprint density at radius 1 is 1.23 bits per heavy atom. The molecule has 1 saturated heterocycles. The monoisotopic (exact) mass is 453 g/mol. The zero-order valence-corrected chi connectivity index (χ0v) is 17.8. The molecule has 1 aromatic carbocycles. The summed E-state index contributed by atoms with van der Waals surface area (Å²) in [5.41, 5.74) is 0.485. The first-order valence-corrected chi connectivity index (χ1v) is 11.5. The first kappa shape index (κ1) is 22.6. The molecule has 2 heterocycles. The van der Waals surface area contributed by atoms with Crippen LogP contribution < -0.4 is 10.0 Å². The molecule has 0 saturated carbocycles. The van der Waals surface area contributed by atoms with E-state index in [-0.39, 0.29) is 36.1 Å². The second-order valence-electron chi connectivity index (χ2n) is 7.02. The number of halogens is 1. The number of hydrogen-bond acceptors (Lipinski definition) is 6. The van der Waals surface area contributed by atoms with Crippen LogP contribution in [0.15, 0.2) is 53.7 Å². The summed E-state index contributed by atoms with van der Waals surface area (Å²) in [4.78, 5) is 16.3. The van der Waals surface area contributed by atoms with E-state index >= 15 is 0 Å². The molecule has 3 N–H and O–H groups in total. The lowest BCUT2D eigenvalue weighted by atomic mass is 9.97. The molecule has 3 atom stereocenters. The highest BCUT2D eigenvalue weighted by molar-refractivity contribution is 7.89. The van der Waals surface area contributed by atoms with Crippen LogP contribution in [-0.4, -0.2) is 55.8 Å². The molecule has 2 aromatic rings. The lowest BCUT2D eigenvalue weighted by molar-refractivity contribution is -0.0891. The molecule has 0 spiro atoms. The number of benzene rings is 1. The number of amides is 1. The zero-order valence-electron chi connectivity index (χ0n) is 16.2. The van der Waals surface area contributed by atoms with Crippen LogP contribution in [0, 0.1) is 0 Å². The van der Waals surface area contributed by atoms with Gasteiger partial charge < -0.3 is 15.2 Å². The molecule has 0 unspecified atom stereocenters. The van der Waals surface area contributed by atoms with E-state index in [2.05, 4.69) is 15.0 Å². The normalized spacial score (nSPS) is 21.9. The van der Waals surface area contributed by atoms with Gasteiger partial charge in [0.1, 0.15) is 6.10 Å². The van der Waals surface area contributed by atoms with Crippen molar-refractivity contribution < 1.29 is 23.1 Å². The number of aliphatic hydroxyl groups is 1. The Morgan fingerprint density at radius 3 is 2.70 bits per heavy atom. The molecule has 162 valence electrons. The molecule has 0 bridgehead atoms. The van der Waals surface area contributed by atoms with Crippen LogP contribution in [0.5, 0.6) is 0 Å². The fourth-order valence-corrected chi connectivity index (χ4v) is 4.68. The fourth-order valence-electron chi connectivity index (χ4n) is 3.34. The average molecular weight is 454 g/mol.